The van der Waals surface area contributed by atoms with Gasteiger partial charge in [-0.05, 0) is 69.5 Å². The fourth-order valence-corrected chi connectivity index (χ4v) is 2.64. The molecule has 0 atom stereocenters. The predicted octanol–water partition coefficient (Wildman–Crippen LogP) is 11.3. The van der Waals surface area contributed by atoms with Gasteiger partial charge in [0.15, 0.2) is 16.2 Å². The van der Waals surface area contributed by atoms with E-state index in [9.17, 15) is 5.21 Å². The van der Waals surface area contributed by atoms with Crippen molar-refractivity contribution < 1.29 is 14.0 Å². The molecule has 0 aliphatic carbocycles. The number of pyridine rings is 3. The number of aliphatic hydroxyl groups is 1. The Labute approximate surface area is 322 Å². The van der Waals surface area contributed by atoms with Crippen molar-refractivity contribution in [3.63, 3.8) is 0 Å². The average molecular weight is 833 g/mol. The summed E-state index contributed by atoms with van der Waals surface area (Å²) in [6, 6.07) is 19.8. The number of aryl methyl sites for hydroxylation is 6. The lowest BCUT2D eigenvalue weighted by Crippen LogP contribution is -2.29. The molecule has 0 aliphatic heterocycles. The average Bonchev–Trinajstić information content (AvgIpc) is 2.98. The van der Waals surface area contributed by atoms with Gasteiger partial charge in [-0.3, -0.25) is 9.97 Å². The highest BCUT2D eigenvalue weighted by Crippen LogP contribution is 2.05. The minimum Gasteiger partial charge on any atom is -0.619 e. The highest BCUT2D eigenvalue weighted by Gasteiger charge is 1.95. The lowest BCUT2D eigenvalue weighted by Gasteiger charge is -1.98. The zero-order chi connectivity index (χ0) is 36.1. The molecule has 0 saturated carbocycles. The molecule has 4 rings (SSSR count). The Bertz CT molecular complexity index is 1230. The molecule has 0 fully saturated rings. The molecule has 0 unspecified atom stereocenters. The van der Waals surface area contributed by atoms with Gasteiger partial charge in [-0.15, -0.1) is 34.8 Å². The van der Waals surface area contributed by atoms with Crippen LogP contribution in [-0.4, -0.2) is 28.9 Å². The third-order valence-electron chi connectivity index (χ3n) is 4.72. The SMILES string of the molecule is C.Cc1ccc(C)[n+]([O-])c1.Cc1ccc(C)nc1.Cc1ccc(CCl)cc1.Cc1ccc(CO)nc1.ClC(Cl)Cl.ClCCl.O=S(Cl)Cl. The van der Waals surface area contributed by atoms with Crippen LogP contribution in [0.25, 0.3) is 0 Å². The number of nitrogens with zero attached hydrogens (tertiary/aromatic N) is 3. The van der Waals surface area contributed by atoms with Gasteiger partial charge in [0.2, 0.25) is 9.23 Å². The van der Waals surface area contributed by atoms with Crippen molar-refractivity contribution in [2.24, 2.45) is 0 Å². The summed E-state index contributed by atoms with van der Waals surface area (Å²) in [5.41, 5.74) is 8.33. The van der Waals surface area contributed by atoms with E-state index in [1.807, 2.05) is 76.4 Å². The largest absolute Gasteiger partial charge is 0.619 e. The zero-order valence-corrected chi connectivity index (χ0v) is 33.1. The molecular formula is C32H43Cl8N3O3S. The molecule has 47 heavy (non-hydrogen) atoms. The smallest absolute Gasteiger partial charge is 0.211 e. The number of alkyl halides is 6. The van der Waals surface area contributed by atoms with Crippen LogP contribution in [-0.2, 0) is 21.7 Å². The molecule has 3 heterocycles. The first-order valence-corrected chi connectivity index (χ1v) is 18.7. The summed E-state index contributed by atoms with van der Waals surface area (Å²) in [4.78, 5) is 8.03. The summed E-state index contributed by atoms with van der Waals surface area (Å²) in [6.45, 7) is 11.8. The van der Waals surface area contributed by atoms with Crippen LogP contribution >= 0.6 is 91.0 Å². The molecule has 3 aromatic heterocycles. The zero-order valence-electron chi connectivity index (χ0n) is 26.2. The molecule has 0 radical (unpaired) electrons. The third-order valence-corrected chi connectivity index (χ3v) is 5.03. The molecule has 0 spiro atoms. The normalized spacial score (nSPS) is 8.96. The minimum absolute atomic E-state index is 0. The number of rotatable bonds is 2. The van der Waals surface area contributed by atoms with E-state index >= 15 is 0 Å². The van der Waals surface area contributed by atoms with Crippen LogP contribution in [0.4, 0.5) is 0 Å². The number of halogens is 8. The third kappa shape index (κ3) is 39.2. The monoisotopic (exact) mass is 829 g/mol. The van der Waals surface area contributed by atoms with Gasteiger partial charge in [0.1, 0.15) is 0 Å². The highest BCUT2D eigenvalue weighted by atomic mass is 36.0. The quantitative estimate of drug-likeness (QED) is 0.0940. The molecule has 1 N–H and O–H groups in total. The molecular weight excluding hydrogens is 790 g/mol. The molecule has 266 valence electrons. The Hall–Kier alpha value is -1.10. The Balaban J connectivity index is -0.000000237. The van der Waals surface area contributed by atoms with Crippen molar-refractivity contribution in [2.45, 2.75) is 65.8 Å². The van der Waals surface area contributed by atoms with Crippen LogP contribution in [0.3, 0.4) is 0 Å². The number of hydrogen-bond acceptors (Lipinski definition) is 5. The molecule has 0 aliphatic rings. The number of hydrogen-bond donors (Lipinski definition) is 1. The van der Waals surface area contributed by atoms with Gasteiger partial charge in [-0.1, -0.05) is 84.2 Å². The Morgan fingerprint density at radius 2 is 1.15 bits per heavy atom. The first-order chi connectivity index (χ1) is 21.5. The van der Waals surface area contributed by atoms with E-state index in [0.29, 0.717) is 5.88 Å². The van der Waals surface area contributed by atoms with E-state index in [4.69, 9.17) is 78.9 Å². The maximum Gasteiger partial charge on any atom is 0.211 e. The first-order valence-electron chi connectivity index (χ1n) is 13.0. The molecule has 0 amide bonds. The minimum atomic E-state index is -1.67. The second kappa shape index (κ2) is 34.8. The summed E-state index contributed by atoms with van der Waals surface area (Å²) >= 11 is 29.5. The maximum atomic E-state index is 10.8. The summed E-state index contributed by atoms with van der Waals surface area (Å²) in [6.07, 6.45) is 5.18. The lowest BCUT2D eigenvalue weighted by molar-refractivity contribution is -0.612. The van der Waals surface area contributed by atoms with Crippen molar-refractivity contribution in [1.82, 2.24) is 9.97 Å². The Morgan fingerprint density at radius 3 is 1.45 bits per heavy atom. The highest BCUT2D eigenvalue weighted by molar-refractivity contribution is 8.26. The van der Waals surface area contributed by atoms with Crippen LogP contribution in [0.2, 0.25) is 0 Å². The number of aliphatic hydroxyl groups excluding tert-OH is 1. The molecule has 6 nitrogen and oxygen atoms in total. The van der Waals surface area contributed by atoms with Crippen molar-refractivity contribution in [1.29, 1.82) is 0 Å². The number of aromatic nitrogens is 3. The van der Waals surface area contributed by atoms with E-state index in [0.717, 1.165) is 32.9 Å². The molecule has 1 aromatic carbocycles. The molecule has 4 aromatic rings. The summed E-state index contributed by atoms with van der Waals surface area (Å²) < 4.78 is 9.21. The molecule has 0 bridgehead atoms. The van der Waals surface area contributed by atoms with Crippen LogP contribution in [0, 0.1) is 46.7 Å². The van der Waals surface area contributed by atoms with Gasteiger partial charge in [0.05, 0.1) is 17.6 Å². The predicted molar refractivity (Wildman–Crippen MR) is 209 cm³/mol. The van der Waals surface area contributed by atoms with Gasteiger partial charge >= 0.3 is 0 Å². The van der Waals surface area contributed by atoms with E-state index < -0.39 is 13.5 Å². The van der Waals surface area contributed by atoms with Gasteiger partial charge < -0.3 is 10.3 Å². The second-order valence-corrected chi connectivity index (χ2v) is 14.4. The van der Waals surface area contributed by atoms with Crippen molar-refractivity contribution in [3.8, 4) is 0 Å². The molecule has 0 saturated heterocycles. The van der Waals surface area contributed by atoms with Gasteiger partial charge in [0.25, 0.3) is 0 Å². The first kappa shape index (κ1) is 52.7. The summed E-state index contributed by atoms with van der Waals surface area (Å²) in [7, 11) is 7.36. The maximum absolute atomic E-state index is 10.8. The fourth-order valence-electron chi connectivity index (χ4n) is 2.47. The standard InChI is InChI=1S/C8H9Cl.2C7H9NO.C7H9N.CHCl3.CH2Cl2.CH4.Cl2OS/c1-7-2-4-8(6-9)5-3-7;1-6-3-4-7(2)8(9)5-6;1-6-2-3-7(5-9)8-4-6;1-6-3-4-7(2)8-5-6;2-1(3)4;2-1-3;;1-4(2)3/h2-5H,6H2,1H3;3-5H,1-2H3;2-4,9H,5H2,1H3;3-5H,1-2H3;1H;1H2;1H4;. The van der Waals surface area contributed by atoms with Crippen LogP contribution in [0.15, 0.2) is 79.3 Å². The van der Waals surface area contributed by atoms with Crippen molar-refractivity contribution in [3.05, 3.63) is 129 Å². The van der Waals surface area contributed by atoms with Crippen LogP contribution in [0.1, 0.15) is 52.3 Å². The van der Waals surface area contributed by atoms with Gasteiger partial charge in [-0.2, -0.15) is 4.73 Å². The Morgan fingerprint density at radius 1 is 0.745 bits per heavy atom. The van der Waals surface area contributed by atoms with Gasteiger partial charge in [-0.25, -0.2) is 4.21 Å². The van der Waals surface area contributed by atoms with E-state index in [1.165, 1.54) is 16.7 Å². The fraction of sp³-hybridized carbons (Fsp3) is 0.344. The van der Waals surface area contributed by atoms with Crippen LogP contribution < -0.4 is 4.73 Å². The van der Waals surface area contributed by atoms with Crippen molar-refractivity contribution >= 4 is 100 Å². The second-order valence-electron chi connectivity index (χ2n) is 8.79. The molecule has 15 heteroatoms. The summed E-state index contributed by atoms with van der Waals surface area (Å²) in [5, 5.41) is 19.5. The van der Waals surface area contributed by atoms with Crippen LogP contribution in [0.5, 0.6) is 0 Å². The van der Waals surface area contributed by atoms with E-state index in [2.05, 4.69) is 56.5 Å². The Kier molecular flexibility index (Phi) is 39.0. The summed E-state index contributed by atoms with van der Waals surface area (Å²) in [5.74, 6) is 0.611. The van der Waals surface area contributed by atoms with Crippen molar-refractivity contribution in [2.75, 3.05) is 5.34 Å². The number of benzene rings is 1. The lowest BCUT2D eigenvalue weighted by atomic mass is 10.2. The van der Waals surface area contributed by atoms with E-state index in [1.54, 1.807) is 19.3 Å². The van der Waals surface area contributed by atoms with E-state index in [-0.39, 0.29) is 19.4 Å². The van der Waals surface area contributed by atoms with Gasteiger partial charge in [0, 0.05) is 63.9 Å². The topological polar surface area (TPSA) is 90.0 Å².